The van der Waals surface area contributed by atoms with Crippen LogP contribution in [0.1, 0.15) is 0 Å². The summed E-state index contributed by atoms with van der Waals surface area (Å²) in [6, 6.07) is 14.2. The molecule has 0 aliphatic heterocycles. The van der Waals surface area contributed by atoms with E-state index in [2.05, 4.69) is 5.32 Å². The Balaban J connectivity index is 0.000000196. The molecule has 0 spiro atoms. The molecule has 6 heteroatoms. The predicted octanol–water partition coefficient (Wildman–Crippen LogP) is 2.99. The standard InChI is InChI=1S/C11H11NO3.C8H11NO/c1-12-9-4-3-7(15-2)5-8(9)10(13)6-11(12)14;1-9-7-3-5-8(10-2)6-4-7/h3-6,13H,1-2H3;3-6,9H,1-2H3. The van der Waals surface area contributed by atoms with E-state index >= 15 is 0 Å². The van der Waals surface area contributed by atoms with Crippen LogP contribution in [-0.4, -0.2) is 30.9 Å². The molecule has 132 valence electrons. The van der Waals surface area contributed by atoms with Crippen LogP contribution in [0.2, 0.25) is 0 Å². The fourth-order valence-corrected chi connectivity index (χ4v) is 2.31. The van der Waals surface area contributed by atoms with Crippen LogP contribution in [0.3, 0.4) is 0 Å². The van der Waals surface area contributed by atoms with Crippen LogP contribution in [0.25, 0.3) is 10.9 Å². The number of nitrogens with zero attached hydrogens (tertiary/aromatic N) is 1. The lowest BCUT2D eigenvalue weighted by Crippen LogP contribution is -2.15. The number of methoxy groups -OCH3 is 2. The molecule has 3 rings (SSSR count). The molecule has 25 heavy (non-hydrogen) atoms. The number of aryl methyl sites for hydroxylation is 1. The van der Waals surface area contributed by atoms with Gasteiger partial charge in [-0.1, -0.05) is 0 Å². The van der Waals surface area contributed by atoms with Crippen molar-refractivity contribution < 1.29 is 14.6 Å². The summed E-state index contributed by atoms with van der Waals surface area (Å²) >= 11 is 0. The molecule has 0 saturated carbocycles. The van der Waals surface area contributed by atoms with Crippen LogP contribution in [-0.2, 0) is 7.05 Å². The summed E-state index contributed by atoms with van der Waals surface area (Å²) in [7, 11) is 6.77. The molecule has 1 heterocycles. The molecule has 0 bridgehead atoms. The Kier molecular flexibility index (Phi) is 5.89. The Bertz CT molecular complexity index is 879. The smallest absolute Gasteiger partial charge is 0.254 e. The molecule has 0 aliphatic rings. The lowest BCUT2D eigenvalue weighted by molar-refractivity contribution is 0.415. The SMILES string of the molecule is CNc1ccc(OC)cc1.COc1ccc2c(c1)c(O)cc(=O)n2C. The van der Waals surface area contributed by atoms with E-state index in [-0.39, 0.29) is 11.3 Å². The topological polar surface area (TPSA) is 72.7 Å². The summed E-state index contributed by atoms with van der Waals surface area (Å²) in [4.78, 5) is 11.4. The van der Waals surface area contributed by atoms with E-state index in [0.29, 0.717) is 16.7 Å². The van der Waals surface area contributed by atoms with Gasteiger partial charge in [0.2, 0.25) is 0 Å². The lowest BCUT2D eigenvalue weighted by atomic mass is 10.2. The highest BCUT2D eigenvalue weighted by Gasteiger charge is 2.06. The second kappa shape index (κ2) is 8.10. The van der Waals surface area contributed by atoms with E-state index < -0.39 is 0 Å². The van der Waals surface area contributed by atoms with E-state index in [1.165, 1.54) is 10.6 Å². The zero-order valence-corrected chi connectivity index (χ0v) is 14.7. The average Bonchev–Trinajstić information content (AvgIpc) is 2.66. The van der Waals surface area contributed by atoms with Gasteiger partial charge in [0, 0.05) is 31.2 Å². The molecular weight excluding hydrogens is 320 g/mol. The Morgan fingerprint density at radius 3 is 2.12 bits per heavy atom. The molecule has 0 amide bonds. The Morgan fingerprint density at radius 2 is 1.56 bits per heavy atom. The van der Waals surface area contributed by atoms with Crippen molar-refractivity contribution in [2.24, 2.45) is 7.05 Å². The fraction of sp³-hybridized carbons (Fsp3) is 0.211. The number of hydrogen-bond donors (Lipinski definition) is 2. The molecule has 0 radical (unpaired) electrons. The van der Waals surface area contributed by atoms with Crippen molar-refractivity contribution in [1.29, 1.82) is 0 Å². The third-order valence-electron chi connectivity index (χ3n) is 3.81. The number of benzene rings is 2. The first-order chi connectivity index (χ1) is 12.0. The first-order valence-electron chi connectivity index (χ1n) is 7.68. The maximum atomic E-state index is 11.4. The van der Waals surface area contributed by atoms with Gasteiger partial charge in [-0.2, -0.15) is 0 Å². The van der Waals surface area contributed by atoms with E-state index in [4.69, 9.17) is 9.47 Å². The molecule has 3 aromatic rings. The monoisotopic (exact) mass is 342 g/mol. The lowest BCUT2D eigenvalue weighted by Gasteiger charge is -2.07. The number of hydrogen-bond acceptors (Lipinski definition) is 5. The van der Waals surface area contributed by atoms with Crippen molar-refractivity contribution >= 4 is 16.6 Å². The Morgan fingerprint density at radius 1 is 0.960 bits per heavy atom. The van der Waals surface area contributed by atoms with Crippen molar-refractivity contribution in [2.45, 2.75) is 0 Å². The molecule has 0 aliphatic carbocycles. The maximum Gasteiger partial charge on any atom is 0.254 e. The summed E-state index contributed by atoms with van der Waals surface area (Å²) < 4.78 is 11.5. The molecule has 1 aromatic heterocycles. The highest BCUT2D eigenvalue weighted by atomic mass is 16.5. The largest absolute Gasteiger partial charge is 0.507 e. The van der Waals surface area contributed by atoms with Gasteiger partial charge in [0.1, 0.15) is 17.2 Å². The zero-order chi connectivity index (χ0) is 18.4. The molecule has 0 unspecified atom stereocenters. The number of nitrogens with one attached hydrogen (secondary N) is 1. The number of rotatable bonds is 3. The highest BCUT2D eigenvalue weighted by Crippen LogP contribution is 2.26. The third-order valence-corrected chi connectivity index (χ3v) is 3.81. The number of pyridine rings is 1. The number of ether oxygens (including phenoxy) is 2. The summed E-state index contributed by atoms with van der Waals surface area (Å²) in [6.45, 7) is 0. The maximum absolute atomic E-state index is 11.4. The molecular formula is C19H22N2O4. The number of aromatic nitrogens is 1. The summed E-state index contributed by atoms with van der Waals surface area (Å²) in [6.07, 6.45) is 0. The zero-order valence-electron chi connectivity index (χ0n) is 14.7. The number of anilines is 1. The van der Waals surface area contributed by atoms with Gasteiger partial charge in [-0.25, -0.2) is 0 Å². The molecule has 2 aromatic carbocycles. The third kappa shape index (κ3) is 4.23. The number of aromatic hydroxyl groups is 1. The van der Waals surface area contributed by atoms with Gasteiger partial charge < -0.3 is 24.5 Å². The Labute approximate surface area is 146 Å². The van der Waals surface area contributed by atoms with Gasteiger partial charge >= 0.3 is 0 Å². The van der Waals surface area contributed by atoms with Gasteiger partial charge in [0.15, 0.2) is 0 Å². The minimum absolute atomic E-state index is 0.0213. The Hall–Kier alpha value is -3.15. The van der Waals surface area contributed by atoms with E-state index in [1.807, 2.05) is 31.3 Å². The van der Waals surface area contributed by atoms with Crippen molar-refractivity contribution in [3.05, 3.63) is 58.9 Å². The van der Waals surface area contributed by atoms with E-state index in [1.54, 1.807) is 39.5 Å². The van der Waals surface area contributed by atoms with Crippen molar-refractivity contribution in [3.63, 3.8) is 0 Å². The van der Waals surface area contributed by atoms with Crippen molar-refractivity contribution in [3.8, 4) is 17.2 Å². The van der Waals surface area contributed by atoms with Gasteiger partial charge in [-0.3, -0.25) is 4.79 Å². The van der Waals surface area contributed by atoms with Gasteiger partial charge in [0.05, 0.1) is 19.7 Å². The average molecular weight is 342 g/mol. The predicted molar refractivity (Wildman–Crippen MR) is 99.9 cm³/mol. The molecule has 0 fully saturated rings. The molecule has 0 saturated heterocycles. The molecule has 6 nitrogen and oxygen atoms in total. The van der Waals surface area contributed by atoms with Crippen LogP contribution in [0, 0.1) is 0 Å². The van der Waals surface area contributed by atoms with Crippen molar-refractivity contribution in [1.82, 2.24) is 4.57 Å². The quantitative estimate of drug-likeness (QED) is 0.765. The van der Waals surface area contributed by atoms with Crippen LogP contribution in [0.4, 0.5) is 5.69 Å². The van der Waals surface area contributed by atoms with Crippen molar-refractivity contribution in [2.75, 3.05) is 26.6 Å². The summed E-state index contributed by atoms with van der Waals surface area (Å²) in [5, 5.41) is 13.3. The molecule has 0 atom stereocenters. The second-order valence-electron chi connectivity index (χ2n) is 5.29. The highest BCUT2D eigenvalue weighted by molar-refractivity contribution is 5.86. The van der Waals surface area contributed by atoms with Gasteiger partial charge in [-0.15, -0.1) is 0 Å². The second-order valence-corrected chi connectivity index (χ2v) is 5.29. The summed E-state index contributed by atoms with van der Waals surface area (Å²) in [5.41, 5.74) is 1.55. The van der Waals surface area contributed by atoms with Crippen LogP contribution in [0.15, 0.2) is 53.3 Å². The normalized spacial score (nSPS) is 9.92. The number of fused-ring (bicyclic) bond motifs is 1. The van der Waals surface area contributed by atoms with Crippen LogP contribution < -0.4 is 20.3 Å². The van der Waals surface area contributed by atoms with E-state index in [9.17, 15) is 9.90 Å². The van der Waals surface area contributed by atoms with Crippen LogP contribution in [0.5, 0.6) is 17.2 Å². The van der Waals surface area contributed by atoms with E-state index in [0.717, 1.165) is 11.4 Å². The first-order valence-corrected chi connectivity index (χ1v) is 7.68. The minimum Gasteiger partial charge on any atom is -0.507 e. The first kappa shape index (κ1) is 18.2. The van der Waals surface area contributed by atoms with Crippen LogP contribution >= 0.6 is 0 Å². The van der Waals surface area contributed by atoms with Gasteiger partial charge in [-0.05, 0) is 42.5 Å². The summed E-state index contributed by atoms with van der Waals surface area (Å²) in [5.74, 6) is 1.52. The van der Waals surface area contributed by atoms with Gasteiger partial charge in [0.25, 0.3) is 5.56 Å². The molecule has 2 N–H and O–H groups in total. The minimum atomic E-state index is -0.231. The fourth-order valence-electron chi connectivity index (χ4n) is 2.31.